The number of halogens is 5. The van der Waals surface area contributed by atoms with E-state index in [4.69, 9.17) is 18.9 Å². The normalized spacial score (nSPS) is 12.2. The molecule has 2 aromatic carbocycles. The Morgan fingerprint density at radius 2 is 1.73 bits per heavy atom. The molecule has 1 aromatic heterocycles. The SMILES string of the molecule is CCOC(=O)C(OC)Oc1ccccc1Oc1cc(-n2c(=O)cc(C(F)(F)F)n(C)c2=O)c(F)cc1Br. The molecule has 9 nitrogen and oxygen atoms in total. The lowest BCUT2D eigenvalue weighted by Gasteiger charge is -2.19. The maximum atomic E-state index is 14.8. The first kappa shape index (κ1) is 27.9. The molecule has 0 bridgehead atoms. The van der Waals surface area contributed by atoms with E-state index >= 15 is 0 Å². The third kappa shape index (κ3) is 6.02. The number of carbonyl (C=O) groups is 1. The summed E-state index contributed by atoms with van der Waals surface area (Å²) in [5, 5.41) is 0. The summed E-state index contributed by atoms with van der Waals surface area (Å²) in [5.74, 6) is -2.00. The average Bonchev–Trinajstić information content (AvgIpc) is 2.82. The number of esters is 1. The van der Waals surface area contributed by atoms with Crippen LogP contribution in [0.2, 0.25) is 0 Å². The summed E-state index contributed by atoms with van der Waals surface area (Å²) < 4.78 is 76.0. The van der Waals surface area contributed by atoms with Crippen molar-refractivity contribution < 1.29 is 41.3 Å². The van der Waals surface area contributed by atoms with E-state index in [0.29, 0.717) is 0 Å². The molecule has 3 rings (SSSR count). The summed E-state index contributed by atoms with van der Waals surface area (Å²) in [6, 6.07) is 8.01. The molecule has 0 saturated heterocycles. The predicted molar refractivity (Wildman–Crippen MR) is 125 cm³/mol. The molecule has 0 aliphatic carbocycles. The van der Waals surface area contributed by atoms with Gasteiger partial charge in [-0.15, -0.1) is 0 Å². The van der Waals surface area contributed by atoms with Gasteiger partial charge in [0.1, 0.15) is 17.3 Å². The second-order valence-corrected chi connectivity index (χ2v) is 8.12. The predicted octanol–water partition coefficient (Wildman–Crippen LogP) is 4.16. The Morgan fingerprint density at radius 3 is 2.32 bits per heavy atom. The summed E-state index contributed by atoms with van der Waals surface area (Å²) in [5.41, 5.74) is -4.97. The van der Waals surface area contributed by atoms with Gasteiger partial charge in [-0.3, -0.25) is 9.36 Å². The van der Waals surface area contributed by atoms with Gasteiger partial charge in [0.2, 0.25) is 0 Å². The molecule has 0 N–H and O–H groups in total. The lowest BCUT2D eigenvalue weighted by Crippen LogP contribution is -2.41. The Morgan fingerprint density at radius 1 is 1.08 bits per heavy atom. The quantitative estimate of drug-likeness (QED) is 0.221. The van der Waals surface area contributed by atoms with Crippen LogP contribution in [0.15, 0.2) is 56.5 Å². The Bertz CT molecular complexity index is 1440. The standard InChI is InChI=1S/C23H19BrF4N2O7/c1-4-35-20(32)21(34-3)37-16-8-6-5-7-15(16)36-17-10-14(13(25)9-12(17)24)30-19(31)11-18(23(26,27)28)29(2)22(30)33/h5-11,21H,4H2,1-3H3. The molecule has 3 aromatic rings. The fourth-order valence-corrected chi connectivity index (χ4v) is 3.55. The summed E-state index contributed by atoms with van der Waals surface area (Å²) in [4.78, 5) is 37.1. The van der Waals surface area contributed by atoms with Crippen molar-refractivity contribution in [3.8, 4) is 22.9 Å². The van der Waals surface area contributed by atoms with E-state index in [9.17, 15) is 31.9 Å². The van der Waals surface area contributed by atoms with E-state index in [1.165, 1.54) is 19.2 Å². The van der Waals surface area contributed by atoms with Gasteiger partial charge in [-0.1, -0.05) is 12.1 Å². The zero-order chi connectivity index (χ0) is 27.5. The minimum absolute atomic E-state index is 0.0137. The van der Waals surface area contributed by atoms with Crippen LogP contribution in [0.3, 0.4) is 0 Å². The Hall–Kier alpha value is -3.65. The molecule has 0 saturated carbocycles. The van der Waals surface area contributed by atoms with E-state index in [1.807, 2.05) is 0 Å². The fourth-order valence-electron chi connectivity index (χ4n) is 3.16. The largest absolute Gasteiger partial charge is 0.461 e. The Balaban J connectivity index is 2.07. The Labute approximate surface area is 214 Å². The lowest BCUT2D eigenvalue weighted by molar-refractivity contribution is -0.172. The third-order valence-corrected chi connectivity index (χ3v) is 5.47. The number of nitrogens with zero attached hydrogens (tertiary/aromatic N) is 2. The van der Waals surface area contributed by atoms with Gasteiger partial charge in [-0.05, 0) is 41.1 Å². The van der Waals surface area contributed by atoms with Crippen LogP contribution in [0.25, 0.3) is 5.69 Å². The molecule has 1 unspecified atom stereocenters. The summed E-state index contributed by atoms with van der Waals surface area (Å²) in [6.07, 6.45) is -6.42. The van der Waals surface area contributed by atoms with Gasteiger partial charge in [0, 0.05) is 26.3 Å². The Kier molecular flexibility index (Phi) is 8.43. The highest BCUT2D eigenvalue weighted by atomic mass is 79.9. The molecule has 37 heavy (non-hydrogen) atoms. The maximum absolute atomic E-state index is 14.8. The van der Waals surface area contributed by atoms with Crippen LogP contribution < -0.4 is 20.7 Å². The molecular formula is C23H19BrF4N2O7. The van der Waals surface area contributed by atoms with Crippen LogP contribution in [-0.2, 0) is 27.5 Å². The number of aromatic nitrogens is 2. The topological polar surface area (TPSA) is 98.0 Å². The summed E-state index contributed by atoms with van der Waals surface area (Å²) in [7, 11) is 2.02. The number of hydrogen-bond donors (Lipinski definition) is 0. The second-order valence-electron chi connectivity index (χ2n) is 7.26. The van der Waals surface area contributed by atoms with Crippen molar-refractivity contribution in [2.24, 2.45) is 7.05 Å². The summed E-state index contributed by atoms with van der Waals surface area (Å²) >= 11 is 3.11. The monoisotopic (exact) mass is 590 g/mol. The molecule has 0 radical (unpaired) electrons. The number of para-hydroxylation sites is 2. The van der Waals surface area contributed by atoms with E-state index < -0.39 is 46.9 Å². The van der Waals surface area contributed by atoms with Crippen LogP contribution in [0.4, 0.5) is 17.6 Å². The molecule has 0 aliphatic heterocycles. The smallest absolute Gasteiger partial charge is 0.431 e. The van der Waals surface area contributed by atoms with E-state index in [2.05, 4.69) is 15.9 Å². The highest BCUT2D eigenvalue weighted by molar-refractivity contribution is 9.10. The van der Waals surface area contributed by atoms with Crippen LogP contribution in [0.1, 0.15) is 12.6 Å². The van der Waals surface area contributed by atoms with Crippen LogP contribution in [0, 0.1) is 5.82 Å². The number of alkyl halides is 3. The molecule has 0 aliphatic rings. The molecule has 0 spiro atoms. The third-order valence-electron chi connectivity index (χ3n) is 4.85. The van der Waals surface area contributed by atoms with Crippen LogP contribution >= 0.6 is 15.9 Å². The molecule has 1 heterocycles. The molecular weight excluding hydrogens is 572 g/mol. The van der Waals surface area contributed by atoms with Gasteiger partial charge in [-0.2, -0.15) is 13.2 Å². The van der Waals surface area contributed by atoms with E-state index in [1.54, 1.807) is 19.1 Å². The molecule has 0 fully saturated rings. The van der Waals surface area contributed by atoms with Crippen molar-refractivity contribution in [1.82, 2.24) is 9.13 Å². The van der Waals surface area contributed by atoms with Crippen molar-refractivity contribution in [2.75, 3.05) is 13.7 Å². The minimum Gasteiger partial charge on any atom is -0.461 e. The van der Waals surface area contributed by atoms with Crippen molar-refractivity contribution in [3.63, 3.8) is 0 Å². The van der Waals surface area contributed by atoms with Crippen LogP contribution in [-0.4, -0.2) is 35.1 Å². The van der Waals surface area contributed by atoms with E-state index in [-0.39, 0.29) is 43.5 Å². The van der Waals surface area contributed by atoms with Crippen molar-refractivity contribution in [3.05, 3.63) is 79.3 Å². The maximum Gasteiger partial charge on any atom is 0.431 e. The number of ether oxygens (including phenoxy) is 4. The lowest BCUT2D eigenvalue weighted by atomic mass is 10.2. The van der Waals surface area contributed by atoms with Crippen LogP contribution in [0.5, 0.6) is 17.2 Å². The van der Waals surface area contributed by atoms with Gasteiger partial charge < -0.3 is 18.9 Å². The number of methoxy groups -OCH3 is 1. The molecule has 14 heteroatoms. The van der Waals surface area contributed by atoms with Gasteiger partial charge >= 0.3 is 17.8 Å². The number of rotatable bonds is 8. The average molecular weight is 591 g/mol. The van der Waals surface area contributed by atoms with Gasteiger partial charge in [0.25, 0.3) is 11.8 Å². The molecule has 1 atom stereocenters. The summed E-state index contributed by atoms with van der Waals surface area (Å²) in [6.45, 7) is 1.68. The van der Waals surface area contributed by atoms with Gasteiger partial charge in [-0.25, -0.2) is 18.5 Å². The highest BCUT2D eigenvalue weighted by Crippen LogP contribution is 2.37. The van der Waals surface area contributed by atoms with Crippen molar-refractivity contribution in [2.45, 2.75) is 19.4 Å². The van der Waals surface area contributed by atoms with Gasteiger partial charge in [0.15, 0.2) is 11.5 Å². The second kappa shape index (κ2) is 11.2. The first-order chi connectivity index (χ1) is 17.4. The molecule has 198 valence electrons. The molecule has 0 amide bonds. The van der Waals surface area contributed by atoms with Crippen molar-refractivity contribution >= 4 is 21.9 Å². The minimum atomic E-state index is -4.98. The van der Waals surface area contributed by atoms with Crippen molar-refractivity contribution in [1.29, 1.82) is 0 Å². The number of carbonyl (C=O) groups excluding carboxylic acids is 1. The number of hydrogen-bond acceptors (Lipinski definition) is 7. The van der Waals surface area contributed by atoms with E-state index in [0.717, 1.165) is 19.2 Å². The zero-order valence-electron chi connectivity index (χ0n) is 19.5. The van der Waals surface area contributed by atoms with Gasteiger partial charge in [0.05, 0.1) is 16.8 Å². The zero-order valence-corrected chi connectivity index (χ0v) is 21.1. The number of benzene rings is 2. The highest BCUT2D eigenvalue weighted by Gasteiger charge is 2.35. The first-order valence-electron chi connectivity index (χ1n) is 10.4. The first-order valence-corrected chi connectivity index (χ1v) is 11.2. The fraction of sp³-hybridized carbons (Fsp3) is 0.261.